The van der Waals surface area contributed by atoms with Gasteiger partial charge in [-0.2, -0.15) is 0 Å². The van der Waals surface area contributed by atoms with E-state index in [0.29, 0.717) is 0 Å². The van der Waals surface area contributed by atoms with Crippen molar-refractivity contribution in [3.8, 4) is 11.4 Å². The molecule has 0 atom stereocenters. The summed E-state index contributed by atoms with van der Waals surface area (Å²) in [5, 5.41) is 3.35. The summed E-state index contributed by atoms with van der Waals surface area (Å²) in [6.45, 7) is 4.05. The normalized spacial score (nSPS) is 14.1. The van der Waals surface area contributed by atoms with Crippen molar-refractivity contribution >= 4 is 39.8 Å². The molecule has 0 radical (unpaired) electrons. The minimum atomic E-state index is 0. The van der Waals surface area contributed by atoms with E-state index >= 15 is 0 Å². The second-order valence-electron chi connectivity index (χ2n) is 4.34. The van der Waals surface area contributed by atoms with Crippen LogP contribution in [0.5, 0.6) is 0 Å². The zero-order valence-electron chi connectivity index (χ0n) is 11.0. The SMILES string of the molecule is Br.Br.c1ccc(-c2nccc(N3CCNCC3)n2)cc1. The van der Waals surface area contributed by atoms with Crippen LogP contribution in [0.15, 0.2) is 42.6 Å². The lowest BCUT2D eigenvalue weighted by molar-refractivity contribution is 0.585. The summed E-state index contributed by atoms with van der Waals surface area (Å²) < 4.78 is 0. The molecule has 2 heterocycles. The molecule has 4 nitrogen and oxygen atoms in total. The van der Waals surface area contributed by atoms with Gasteiger partial charge in [0.25, 0.3) is 0 Å². The molecule has 1 aliphatic rings. The fraction of sp³-hybridized carbons (Fsp3) is 0.286. The molecule has 0 bridgehead atoms. The number of benzene rings is 1. The Morgan fingerprint density at radius 2 is 1.65 bits per heavy atom. The maximum atomic E-state index is 4.65. The fourth-order valence-corrected chi connectivity index (χ4v) is 2.15. The molecule has 6 heteroatoms. The summed E-state index contributed by atoms with van der Waals surface area (Å²) >= 11 is 0. The van der Waals surface area contributed by atoms with Crippen molar-refractivity contribution in [3.63, 3.8) is 0 Å². The quantitative estimate of drug-likeness (QED) is 0.839. The highest BCUT2D eigenvalue weighted by Crippen LogP contribution is 2.18. The molecule has 0 aliphatic carbocycles. The number of rotatable bonds is 2. The smallest absolute Gasteiger partial charge is 0.161 e. The van der Waals surface area contributed by atoms with Crippen molar-refractivity contribution in [2.24, 2.45) is 0 Å². The number of hydrogen-bond acceptors (Lipinski definition) is 4. The van der Waals surface area contributed by atoms with Gasteiger partial charge in [-0.3, -0.25) is 0 Å². The molecular weight excluding hydrogens is 384 g/mol. The highest BCUT2D eigenvalue weighted by molar-refractivity contribution is 8.93. The Labute approximate surface area is 140 Å². The van der Waals surface area contributed by atoms with Gasteiger partial charge in [-0.05, 0) is 6.07 Å². The molecule has 1 aromatic carbocycles. The third-order valence-electron chi connectivity index (χ3n) is 3.11. The van der Waals surface area contributed by atoms with Crippen LogP contribution in [0.25, 0.3) is 11.4 Å². The van der Waals surface area contributed by atoms with Crippen LogP contribution < -0.4 is 10.2 Å². The second kappa shape index (κ2) is 8.34. The van der Waals surface area contributed by atoms with Crippen LogP contribution >= 0.6 is 34.0 Å². The molecule has 1 N–H and O–H groups in total. The first-order valence-electron chi connectivity index (χ1n) is 6.27. The van der Waals surface area contributed by atoms with Crippen molar-refractivity contribution in [3.05, 3.63) is 42.6 Å². The number of hydrogen-bond donors (Lipinski definition) is 1. The minimum absolute atomic E-state index is 0. The lowest BCUT2D eigenvalue weighted by Crippen LogP contribution is -2.43. The number of aromatic nitrogens is 2. The average Bonchev–Trinajstić information content (AvgIpc) is 2.49. The summed E-state index contributed by atoms with van der Waals surface area (Å²) in [4.78, 5) is 11.3. The minimum Gasteiger partial charge on any atom is -0.354 e. The Kier molecular flexibility index (Phi) is 7.12. The van der Waals surface area contributed by atoms with Gasteiger partial charge in [0.2, 0.25) is 0 Å². The van der Waals surface area contributed by atoms with Crippen LogP contribution in [0.2, 0.25) is 0 Å². The first-order chi connectivity index (χ1) is 8.93. The molecule has 0 unspecified atom stereocenters. The number of halogens is 2. The topological polar surface area (TPSA) is 41.1 Å². The molecule has 0 saturated carbocycles. The zero-order valence-corrected chi connectivity index (χ0v) is 14.5. The monoisotopic (exact) mass is 400 g/mol. The van der Waals surface area contributed by atoms with Crippen LogP contribution in [0.4, 0.5) is 5.82 Å². The molecule has 0 spiro atoms. The molecule has 1 aliphatic heterocycles. The zero-order chi connectivity index (χ0) is 12.2. The van der Waals surface area contributed by atoms with Gasteiger partial charge >= 0.3 is 0 Å². The lowest BCUT2D eigenvalue weighted by atomic mass is 10.2. The van der Waals surface area contributed by atoms with Crippen molar-refractivity contribution in [1.29, 1.82) is 0 Å². The standard InChI is InChI=1S/C14H16N4.2BrH/c1-2-4-12(5-3-1)14-16-7-6-13(17-14)18-10-8-15-9-11-18;;/h1-7,15H,8-11H2;2*1H. The van der Waals surface area contributed by atoms with Gasteiger partial charge in [0.1, 0.15) is 5.82 Å². The molecule has 1 saturated heterocycles. The molecule has 2 aromatic rings. The van der Waals surface area contributed by atoms with Crippen LogP contribution in [0.1, 0.15) is 0 Å². The third kappa shape index (κ3) is 4.01. The van der Waals surface area contributed by atoms with Gasteiger partial charge in [-0.1, -0.05) is 30.3 Å². The van der Waals surface area contributed by atoms with Crippen LogP contribution in [-0.4, -0.2) is 36.1 Å². The first-order valence-corrected chi connectivity index (χ1v) is 6.27. The Morgan fingerprint density at radius 3 is 2.35 bits per heavy atom. The van der Waals surface area contributed by atoms with Gasteiger partial charge in [0.05, 0.1) is 0 Å². The summed E-state index contributed by atoms with van der Waals surface area (Å²) in [5.74, 6) is 1.82. The Balaban J connectivity index is 0.000001000. The van der Waals surface area contributed by atoms with Crippen molar-refractivity contribution in [2.75, 3.05) is 31.1 Å². The van der Waals surface area contributed by atoms with Crippen LogP contribution in [0, 0.1) is 0 Å². The average molecular weight is 402 g/mol. The molecular formula is C14H18Br2N4. The Hall–Kier alpha value is -0.980. The molecule has 1 fully saturated rings. The van der Waals surface area contributed by atoms with Gasteiger partial charge in [0.15, 0.2) is 5.82 Å². The van der Waals surface area contributed by atoms with E-state index in [1.807, 2.05) is 42.6 Å². The van der Waals surface area contributed by atoms with Crippen molar-refractivity contribution in [1.82, 2.24) is 15.3 Å². The largest absolute Gasteiger partial charge is 0.354 e. The van der Waals surface area contributed by atoms with Crippen molar-refractivity contribution in [2.45, 2.75) is 0 Å². The number of anilines is 1. The van der Waals surface area contributed by atoms with Gasteiger partial charge in [-0.15, -0.1) is 34.0 Å². The molecule has 20 heavy (non-hydrogen) atoms. The lowest BCUT2D eigenvalue weighted by Gasteiger charge is -2.28. The van der Waals surface area contributed by atoms with Gasteiger partial charge < -0.3 is 10.2 Å². The number of piperazine rings is 1. The number of nitrogens with one attached hydrogen (secondary N) is 1. The predicted molar refractivity (Wildman–Crippen MR) is 93.2 cm³/mol. The van der Waals surface area contributed by atoms with Gasteiger partial charge in [0, 0.05) is 37.9 Å². The Bertz CT molecular complexity index is 516. The summed E-state index contributed by atoms with van der Waals surface area (Å²) in [5.41, 5.74) is 1.06. The maximum absolute atomic E-state index is 4.65. The first kappa shape index (κ1) is 17.1. The van der Waals surface area contributed by atoms with Crippen molar-refractivity contribution < 1.29 is 0 Å². The summed E-state index contributed by atoms with van der Waals surface area (Å²) in [6, 6.07) is 12.1. The van der Waals surface area contributed by atoms with E-state index in [1.54, 1.807) is 0 Å². The van der Waals surface area contributed by atoms with E-state index in [-0.39, 0.29) is 34.0 Å². The molecule has 0 amide bonds. The van der Waals surface area contributed by atoms with E-state index in [2.05, 4.69) is 20.2 Å². The van der Waals surface area contributed by atoms with E-state index in [4.69, 9.17) is 0 Å². The van der Waals surface area contributed by atoms with Crippen LogP contribution in [0.3, 0.4) is 0 Å². The van der Waals surface area contributed by atoms with E-state index in [0.717, 1.165) is 43.4 Å². The Morgan fingerprint density at radius 1 is 0.950 bits per heavy atom. The highest BCUT2D eigenvalue weighted by Gasteiger charge is 2.12. The highest BCUT2D eigenvalue weighted by atomic mass is 79.9. The fourth-order valence-electron chi connectivity index (χ4n) is 2.15. The third-order valence-corrected chi connectivity index (χ3v) is 3.11. The summed E-state index contributed by atoms with van der Waals surface area (Å²) in [7, 11) is 0. The van der Waals surface area contributed by atoms with E-state index < -0.39 is 0 Å². The molecule has 108 valence electrons. The maximum Gasteiger partial charge on any atom is 0.161 e. The predicted octanol–water partition coefficient (Wildman–Crippen LogP) is 2.71. The summed E-state index contributed by atoms with van der Waals surface area (Å²) in [6.07, 6.45) is 1.84. The van der Waals surface area contributed by atoms with E-state index in [1.165, 1.54) is 0 Å². The second-order valence-corrected chi connectivity index (χ2v) is 4.34. The van der Waals surface area contributed by atoms with Gasteiger partial charge in [-0.25, -0.2) is 9.97 Å². The number of nitrogens with zero attached hydrogens (tertiary/aromatic N) is 3. The molecule has 3 rings (SSSR count). The molecule has 1 aromatic heterocycles. The van der Waals surface area contributed by atoms with Crippen LogP contribution in [-0.2, 0) is 0 Å². The van der Waals surface area contributed by atoms with E-state index in [9.17, 15) is 0 Å².